The molecule has 2 rings (SSSR count). The zero-order valence-corrected chi connectivity index (χ0v) is 11.7. The Bertz CT molecular complexity index is 732. The van der Waals surface area contributed by atoms with Crippen LogP contribution >= 0.6 is 11.6 Å². The van der Waals surface area contributed by atoms with Gasteiger partial charge in [-0.3, -0.25) is 4.79 Å². The summed E-state index contributed by atoms with van der Waals surface area (Å²) in [6.45, 7) is -0.227. The second-order valence-corrected chi connectivity index (χ2v) is 4.59. The molecule has 21 heavy (non-hydrogen) atoms. The molecule has 2 aromatic rings. The van der Waals surface area contributed by atoms with Gasteiger partial charge in [-0.05, 0) is 36.4 Å². The van der Waals surface area contributed by atoms with E-state index in [2.05, 4.69) is 17.2 Å². The van der Waals surface area contributed by atoms with E-state index in [1.54, 1.807) is 24.3 Å². The van der Waals surface area contributed by atoms with Crippen LogP contribution in [0.3, 0.4) is 0 Å². The predicted octanol–water partition coefficient (Wildman–Crippen LogP) is 2.64. The number of nitrogens with one attached hydrogen (secondary N) is 1. The van der Waals surface area contributed by atoms with E-state index < -0.39 is 5.91 Å². The molecule has 0 aliphatic rings. The van der Waals surface area contributed by atoms with Crippen LogP contribution in [-0.4, -0.2) is 22.7 Å². The summed E-state index contributed by atoms with van der Waals surface area (Å²) < 4.78 is 0. The number of rotatable bonds is 2. The maximum absolute atomic E-state index is 12.1. The summed E-state index contributed by atoms with van der Waals surface area (Å²) in [4.78, 5) is 12.1. The normalized spacial score (nSPS) is 9.62. The molecule has 0 radical (unpaired) electrons. The number of carbonyl (C=O) groups excluding carboxylic acids is 1. The smallest absolute Gasteiger partial charge is 0.259 e. The summed E-state index contributed by atoms with van der Waals surface area (Å²) in [5.74, 6) is 4.65. The number of aliphatic hydroxyl groups is 1. The van der Waals surface area contributed by atoms with Gasteiger partial charge in [-0.15, -0.1) is 0 Å². The topological polar surface area (TPSA) is 69.6 Å². The Kier molecular flexibility index (Phi) is 4.83. The molecule has 0 bridgehead atoms. The third kappa shape index (κ3) is 3.99. The maximum atomic E-state index is 12.1. The summed E-state index contributed by atoms with van der Waals surface area (Å²) in [5.41, 5.74) is 1.34. The number of hydrogen-bond donors (Lipinski definition) is 3. The van der Waals surface area contributed by atoms with Crippen molar-refractivity contribution >= 4 is 23.2 Å². The molecule has 1 amide bonds. The molecule has 2 aromatic carbocycles. The SMILES string of the molecule is O=C(Nc1cccc(C#CCO)c1)c1ccc(Cl)cc1O. The van der Waals surface area contributed by atoms with Crippen molar-refractivity contribution in [3.05, 3.63) is 58.6 Å². The van der Waals surface area contributed by atoms with E-state index in [4.69, 9.17) is 16.7 Å². The molecular formula is C16H12ClNO3. The van der Waals surface area contributed by atoms with Crippen LogP contribution in [0.1, 0.15) is 15.9 Å². The lowest BCUT2D eigenvalue weighted by atomic mass is 10.1. The van der Waals surface area contributed by atoms with E-state index >= 15 is 0 Å². The molecule has 3 N–H and O–H groups in total. The minimum absolute atomic E-state index is 0.131. The number of phenolic OH excluding ortho intramolecular Hbond substituents is 1. The van der Waals surface area contributed by atoms with Gasteiger partial charge in [0, 0.05) is 16.3 Å². The molecule has 0 unspecified atom stereocenters. The molecule has 0 fully saturated rings. The lowest BCUT2D eigenvalue weighted by molar-refractivity contribution is 0.102. The Balaban J connectivity index is 2.19. The van der Waals surface area contributed by atoms with Gasteiger partial charge in [0.25, 0.3) is 5.91 Å². The molecule has 0 saturated carbocycles. The number of carbonyl (C=O) groups is 1. The number of amides is 1. The highest BCUT2D eigenvalue weighted by Gasteiger charge is 2.11. The number of phenols is 1. The summed E-state index contributed by atoms with van der Waals surface area (Å²) in [7, 11) is 0. The fraction of sp³-hybridized carbons (Fsp3) is 0.0625. The average Bonchev–Trinajstić information content (AvgIpc) is 2.45. The molecule has 0 aliphatic carbocycles. The van der Waals surface area contributed by atoms with Gasteiger partial charge in [0.05, 0.1) is 5.56 Å². The van der Waals surface area contributed by atoms with Crippen molar-refractivity contribution < 1.29 is 15.0 Å². The number of halogens is 1. The first-order valence-corrected chi connectivity index (χ1v) is 6.47. The van der Waals surface area contributed by atoms with Crippen molar-refractivity contribution in [1.82, 2.24) is 0 Å². The fourth-order valence-corrected chi connectivity index (χ4v) is 1.88. The quantitative estimate of drug-likeness (QED) is 0.747. The van der Waals surface area contributed by atoms with E-state index in [1.165, 1.54) is 18.2 Å². The number of aromatic hydroxyl groups is 1. The predicted molar refractivity (Wildman–Crippen MR) is 81.5 cm³/mol. The summed E-state index contributed by atoms with van der Waals surface area (Å²) in [6, 6.07) is 11.2. The molecule has 0 aliphatic heterocycles. The zero-order valence-electron chi connectivity index (χ0n) is 10.9. The summed E-state index contributed by atoms with van der Waals surface area (Å²) in [6.07, 6.45) is 0. The Labute approximate surface area is 127 Å². The van der Waals surface area contributed by atoms with E-state index in [1.807, 2.05) is 0 Å². The second kappa shape index (κ2) is 6.80. The van der Waals surface area contributed by atoms with Crippen LogP contribution in [0.25, 0.3) is 0 Å². The number of benzene rings is 2. The monoisotopic (exact) mass is 301 g/mol. The molecule has 106 valence electrons. The van der Waals surface area contributed by atoms with Crippen LogP contribution in [0.2, 0.25) is 5.02 Å². The first-order chi connectivity index (χ1) is 10.1. The van der Waals surface area contributed by atoms with Gasteiger partial charge in [-0.2, -0.15) is 0 Å². The molecule has 0 heterocycles. The van der Waals surface area contributed by atoms with Gasteiger partial charge in [-0.25, -0.2) is 0 Å². The third-order valence-electron chi connectivity index (χ3n) is 2.64. The summed E-state index contributed by atoms with van der Waals surface area (Å²) >= 11 is 5.72. The van der Waals surface area contributed by atoms with Crippen LogP contribution in [0.15, 0.2) is 42.5 Å². The molecule has 0 spiro atoms. The van der Waals surface area contributed by atoms with Gasteiger partial charge in [0.15, 0.2) is 0 Å². The minimum atomic E-state index is -0.448. The van der Waals surface area contributed by atoms with E-state index in [0.29, 0.717) is 16.3 Å². The van der Waals surface area contributed by atoms with Crippen molar-refractivity contribution in [1.29, 1.82) is 0 Å². The Morgan fingerprint density at radius 3 is 2.76 bits per heavy atom. The van der Waals surface area contributed by atoms with Crippen molar-refractivity contribution in [2.75, 3.05) is 11.9 Å². The molecule has 4 nitrogen and oxygen atoms in total. The van der Waals surface area contributed by atoms with Crippen molar-refractivity contribution in [2.24, 2.45) is 0 Å². The standard InChI is InChI=1S/C16H12ClNO3/c17-12-6-7-14(15(20)10-12)16(21)18-13-5-1-3-11(9-13)4-2-8-19/h1,3,5-7,9-10,19-20H,8H2,(H,18,21). The number of aliphatic hydroxyl groups excluding tert-OH is 1. The van der Waals surface area contributed by atoms with E-state index in [0.717, 1.165) is 0 Å². The van der Waals surface area contributed by atoms with Crippen LogP contribution in [0, 0.1) is 11.8 Å². The van der Waals surface area contributed by atoms with Gasteiger partial charge in [0.2, 0.25) is 0 Å². The van der Waals surface area contributed by atoms with Gasteiger partial charge < -0.3 is 15.5 Å². The first kappa shape index (κ1) is 14.9. The Morgan fingerprint density at radius 2 is 2.05 bits per heavy atom. The van der Waals surface area contributed by atoms with Crippen molar-refractivity contribution in [3.8, 4) is 17.6 Å². The van der Waals surface area contributed by atoms with Crippen LogP contribution < -0.4 is 5.32 Å². The fourth-order valence-electron chi connectivity index (χ4n) is 1.71. The summed E-state index contributed by atoms with van der Waals surface area (Å²) in [5, 5.41) is 21.4. The van der Waals surface area contributed by atoms with Crippen LogP contribution in [-0.2, 0) is 0 Å². The zero-order chi connectivity index (χ0) is 15.2. The highest BCUT2D eigenvalue weighted by Crippen LogP contribution is 2.23. The van der Waals surface area contributed by atoms with Crippen molar-refractivity contribution in [3.63, 3.8) is 0 Å². The lowest BCUT2D eigenvalue weighted by Gasteiger charge is -2.07. The van der Waals surface area contributed by atoms with Crippen LogP contribution in [0.4, 0.5) is 5.69 Å². The van der Waals surface area contributed by atoms with E-state index in [-0.39, 0.29) is 17.9 Å². The van der Waals surface area contributed by atoms with Gasteiger partial charge in [-0.1, -0.05) is 29.5 Å². The Hall–Kier alpha value is -2.48. The number of hydrogen-bond acceptors (Lipinski definition) is 3. The third-order valence-corrected chi connectivity index (χ3v) is 2.87. The average molecular weight is 302 g/mol. The van der Waals surface area contributed by atoms with Crippen molar-refractivity contribution in [2.45, 2.75) is 0 Å². The molecule has 5 heteroatoms. The van der Waals surface area contributed by atoms with Crippen LogP contribution in [0.5, 0.6) is 5.75 Å². The molecular weight excluding hydrogens is 290 g/mol. The molecule has 0 aromatic heterocycles. The molecule has 0 saturated heterocycles. The highest BCUT2D eigenvalue weighted by molar-refractivity contribution is 6.31. The first-order valence-electron chi connectivity index (χ1n) is 6.10. The Morgan fingerprint density at radius 1 is 1.24 bits per heavy atom. The second-order valence-electron chi connectivity index (χ2n) is 4.16. The maximum Gasteiger partial charge on any atom is 0.259 e. The molecule has 0 atom stereocenters. The van der Waals surface area contributed by atoms with E-state index in [9.17, 15) is 9.90 Å². The largest absolute Gasteiger partial charge is 0.507 e. The minimum Gasteiger partial charge on any atom is -0.507 e. The number of anilines is 1. The van der Waals surface area contributed by atoms with Gasteiger partial charge in [0.1, 0.15) is 12.4 Å². The lowest BCUT2D eigenvalue weighted by Crippen LogP contribution is -2.12. The van der Waals surface area contributed by atoms with Gasteiger partial charge >= 0.3 is 0 Å². The highest BCUT2D eigenvalue weighted by atomic mass is 35.5.